The van der Waals surface area contributed by atoms with Gasteiger partial charge in [0.25, 0.3) is 12.4 Å². The number of hydrogen-bond acceptors (Lipinski definition) is 8. The highest BCUT2D eigenvalue weighted by Crippen LogP contribution is 2.37. The van der Waals surface area contributed by atoms with E-state index in [1.807, 2.05) is 0 Å². The molecular formula is C27H26ClF3N10O3. The Balaban J connectivity index is 0.00000123. The Morgan fingerprint density at radius 1 is 1.20 bits per heavy atom. The third kappa shape index (κ3) is 6.50. The number of amides is 1. The van der Waals surface area contributed by atoms with E-state index in [4.69, 9.17) is 21.5 Å². The Hall–Kier alpha value is -4.96. The van der Waals surface area contributed by atoms with Gasteiger partial charge in [0.1, 0.15) is 0 Å². The van der Waals surface area contributed by atoms with Gasteiger partial charge in [-0.15, -0.1) is 0 Å². The third-order valence-corrected chi connectivity index (χ3v) is 7.00. The monoisotopic (exact) mass is 630 g/mol. The van der Waals surface area contributed by atoms with Crippen LogP contribution in [-0.2, 0) is 17.5 Å². The smallest absolute Gasteiger partial charge is 0.435 e. The highest BCUT2D eigenvalue weighted by molar-refractivity contribution is 6.34. The van der Waals surface area contributed by atoms with Gasteiger partial charge in [-0.05, 0) is 31.2 Å². The topological polar surface area (TPSA) is 158 Å². The summed E-state index contributed by atoms with van der Waals surface area (Å²) in [5.41, 5.74) is 1.59. The SMILES string of the molecule is Cc1cc(Cn2cc(-c3cnc4c(Nc5ccc(C(=O)N6CCNCC6)c(Cl)c5)nccn34)c(C(F)(F)F)n2)n[nH]1.O=CO. The minimum atomic E-state index is -4.69. The molecule has 0 radical (unpaired) electrons. The highest BCUT2D eigenvalue weighted by atomic mass is 35.5. The number of nitrogens with zero attached hydrogens (tertiary/aromatic N) is 7. The van der Waals surface area contributed by atoms with E-state index in [0.717, 1.165) is 18.8 Å². The summed E-state index contributed by atoms with van der Waals surface area (Å²) in [4.78, 5) is 31.7. The number of fused-ring (bicyclic) bond motifs is 1. The molecule has 1 amide bonds. The lowest BCUT2D eigenvalue weighted by atomic mass is 10.1. The van der Waals surface area contributed by atoms with Crippen molar-refractivity contribution < 1.29 is 27.9 Å². The van der Waals surface area contributed by atoms with E-state index in [-0.39, 0.29) is 35.2 Å². The average molecular weight is 631 g/mol. The number of rotatable bonds is 6. The standard InChI is InChI=1S/C26H24ClF3N10O.CH2O2/c1-15-10-17(36-35-15)13-39-14-19(22(37-39)26(28,29)30)21-12-33-24-23(32-6-9-40(21)24)34-16-2-3-18(20(27)11-16)25(41)38-7-4-31-5-8-38;2-1-3/h2-3,6,9-12,14,31H,4-5,7-8,13H2,1H3,(H,32,34)(H,35,36);1H,(H,2,3). The van der Waals surface area contributed by atoms with Crippen molar-refractivity contribution in [3.05, 3.63) is 76.7 Å². The fourth-order valence-corrected chi connectivity index (χ4v) is 5.03. The van der Waals surface area contributed by atoms with E-state index < -0.39 is 11.9 Å². The predicted octanol–water partition coefficient (Wildman–Crippen LogP) is 3.83. The second kappa shape index (κ2) is 12.7. The fourth-order valence-electron chi connectivity index (χ4n) is 4.77. The molecule has 5 aromatic rings. The van der Waals surface area contributed by atoms with Crippen LogP contribution in [0, 0.1) is 6.92 Å². The number of carbonyl (C=O) groups excluding carboxylic acids is 1. The normalized spacial score (nSPS) is 13.4. The number of carbonyl (C=O) groups is 2. The zero-order valence-electron chi connectivity index (χ0n) is 23.1. The van der Waals surface area contributed by atoms with Gasteiger partial charge in [0, 0.05) is 56.2 Å². The predicted molar refractivity (Wildman–Crippen MR) is 154 cm³/mol. The highest BCUT2D eigenvalue weighted by Gasteiger charge is 2.38. The number of benzene rings is 1. The molecule has 0 atom stereocenters. The van der Waals surface area contributed by atoms with Crippen LogP contribution in [-0.4, -0.2) is 82.9 Å². The summed E-state index contributed by atoms with van der Waals surface area (Å²) in [6, 6.07) is 6.68. The number of hydrogen-bond donors (Lipinski definition) is 4. The molecule has 1 aliphatic heterocycles. The molecule has 0 unspecified atom stereocenters. The molecule has 1 aromatic carbocycles. The number of anilines is 2. The third-order valence-electron chi connectivity index (χ3n) is 6.68. The Morgan fingerprint density at radius 2 is 1.95 bits per heavy atom. The molecule has 17 heteroatoms. The average Bonchev–Trinajstić information content (AvgIpc) is 3.72. The first-order valence-electron chi connectivity index (χ1n) is 13.2. The Kier molecular flexibility index (Phi) is 8.82. The summed E-state index contributed by atoms with van der Waals surface area (Å²) in [7, 11) is 0. The van der Waals surface area contributed by atoms with Crippen molar-refractivity contribution in [3.63, 3.8) is 0 Å². The van der Waals surface area contributed by atoms with E-state index in [9.17, 15) is 18.0 Å². The summed E-state index contributed by atoms with van der Waals surface area (Å²) < 4.78 is 44.8. The molecule has 44 heavy (non-hydrogen) atoms. The summed E-state index contributed by atoms with van der Waals surface area (Å²) in [5.74, 6) is 0.147. The van der Waals surface area contributed by atoms with Crippen molar-refractivity contribution in [1.29, 1.82) is 0 Å². The van der Waals surface area contributed by atoms with Crippen LogP contribution in [0.5, 0.6) is 0 Å². The van der Waals surface area contributed by atoms with E-state index in [1.54, 1.807) is 36.1 Å². The molecular weight excluding hydrogens is 605 g/mol. The molecule has 0 spiro atoms. The largest absolute Gasteiger partial charge is 0.483 e. The van der Waals surface area contributed by atoms with Crippen LogP contribution in [0.25, 0.3) is 16.9 Å². The van der Waals surface area contributed by atoms with Crippen molar-refractivity contribution in [2.75, 3.05) is 31.5 Å². The van der Waals surface area contributed by atoms with Crippen LogP contribution in [0.3, 0.4) is 0 Å². The number of aryl methyl sites for hydroxylation is 1. The van der Waals surface area contributed by atoms with Gasteiger partial charge in [0.2, 0.25) is 0 Å². The molecule has 4 aromatic heterocycles. The van der Waals surface area contributed by atoms with Gasteiger partial charge in [-0.2, -0.15) is 23.4 Å². The Morgan fingerprint density at radius 3 is 2.61 bits per heavy atom. The van der Waals surface area contributed by atoms with Gasteiger partial charge in [-0.1, -0.05) is 11.6 Å². The minimum Gasteiger partial charge on any atom is -0.483 e. The molecule has 5 heterocycles. The zero-order valence-corrected chi connectivity index (χ0v) is 23.9. The summed E-state index contributed by atoms with van der Waals surface area (Å²) in [6.45, 7) is 4.26. The maximum atomic E-state index is 14.0. The lowest BCUT2D eigenvalue weighted by Gasteiger charge is -2.27. The number of carboxylic acid groups (broad SMARTS) is 1. The molecule has 4 N–H and O–H groups in total. The first kappa shape index (κ1) is 30.5. The number of nitrogens with one attached hydrogen (secondary N) is 3. The zero-order chi connectivity index (χ0) is 31.4. The summed E-state index contributed by atoms with van der Waals surface area (Å²) >= 11 is 6.47. The minimum absolute atomic E-state index is 0.0619. The van der Waals surface area contributed by atoms with E-state index in [1.165, 1.54) is 33.9 Å². The summed E-state index contributed by atoms with van der Waals surface area (Å²) in [6.07, 6.45) is 0.965. The molecule has 0 saturated carbocycles. The molecule has 6 rings (SSSR count). The van der Waals surface area contributed by atoms with Gasteiger partial charge >= 0.3 is 6.18 Å². The molecule has 0 bridgehead atoms. The van der Waals surface area contributed by atoms with Crippen molar-refractivity contribution in [2.45, 2.75) is 19.6 Å². The van der Waals surface area contributed by atoms with Crippen LogP contribution >= 0.6 is 11.6 Å². The van der Waals surface area contributed by atoms with Crippen LogP contribution in [0.15, 0.2) is 49.1 Å². The number of halogens is 4. The lowest BCUT2D eigenvalue weighted by Crippen LogP contribution is -2.46. The van der Waals surface area contributed by atoms with Gasteiger partial charge in [-0.3, -0.25) is 23.8 Å². The van der Waals surface area contributed by atoms with Crippen molar-refractivity contribution in [2.24, 2.45) is 0 Å². The molecule has 230 valence electrons. The van der Waals surface area contributed by atoms with Crippen molar-refractivity contribution >= 4 is 41.1 Å². The number of aromatic amines is 1. The second-order valence-corrected chi connectivity index (χ2v) is 10.1. The number of alkyl halides is 3. The maximum absolute atomic E-state index is 14.0. The summed E-state index contributed by atoms with van der Waals surface area (Å²) in [5, 5.41) is 24.2. The van der Waals surface area contributed by atoms with Gasteiger partial charge in [0.05, 0.1) is 40.3 Å². The molecule has 1 aliphatic rings. The van der Waals surface area contributed by atoms with Crippen LogP contribution in [0.1, 0.15) is 27.4 Å². The van der Waals surface area contributed by atoms with E-state index in [2.05, 4.69) is 35.9 Å². The second-order valence-electron chi connectivity index (χ2n) is 9.71. The Labute approximate surface area is 252 Å². The van der Waals surface area contributed by atoms with Gasteiger partial charge in [-0.25, -0.2) is 9.97 Å². The number of imidazole rings is 1. The van der Waals surface area contributed by atoms with Crippen LogP contribution < -0.4 is 10.6 Å². The first-order chi connectivity index (χ1) is 21.1. The molecule has 0 aliphatic carbocycles. The van der Waals surface area contributed by atoms with Crippen LogP contribution in [0.2, 0.25) is 5.02 Å². The quantitative estimate of drug-likeness (QED) is 0.205. The molecule has 13 nitrogen and oxygen atoms in total. The number of aromatic nitrogens is 7. The fraction of sp³-hybridized carbons (Fsp3) is 0.259. The maximum Gasteiger partial charge on any atom is 0.435 e. The molecule has 1 fully saturated rings. The number of piperazine rings is 1. The lowest BCUT2D eigenvalue weighted by molar-refractivity contribution is -0.141. The van der Waals surface area contributed by atoms with Gasteiger partial charge < -0.3 is 20.6 Å². The van der Waals surface area contributed by atoms with Crippen molar-refractivity contribution in [3.8, 4) is 11.3 Å². The molecule has 1 saturated heterocycles. The number of H-pyrrole nitrogens is 1. The first-order valence-corrected chi connectivity index (χ1v) is 13.6. The van der Waals surface area contributed by atoms with E-state index in [0.29, 0.717) is 41.5 Å². The van der Waals surface area contributed by atoms with Gasteiger partial charge in [0.15, 0.2) is 17.2 Å². The van der Waals surface area contributed by atoms with Crippen molar-refractivity contribution in [1.82, 2.24) is 44.6 Å². The Bertz CT molecular complexity index is 1790. The van der Waals surface area contributed by atoms with Crippen LogP contribution in [0.4, 0.5) is 24.7 Å². The van der Waals surface area contributed by atoms with E-state index >= 15 is 0 Å².